The molecule has 0 saturated heterocycles. The third kappa shape index (κ3) is 1.19. The lowest BCUT2D eigenvalue weighted by molar-refractivity contribution is 0.149. The van der Waals surface area contributed by atoms with Crippen molar-refractivity contribution < 1.29 is 5.11 Å². The fraction of sp³-hybridized carbons (Fsp3) is 1.00. The van der Waals surface area contributed by atoms with Gasteiger partial charge in [-0.05, 0) is 42.4 Å². The standard InChI is InChI=1S/C11H20O/c1-10(2)5-8-4-9(12)6-11(8,3)7-10/h8-9,12H,4-7H2,1-3H3. The maximum atomic E-state index is 9.57. The minimum atomic E-state index is -0.00361. The Labute approximate surface area is 75.2 Å². The van der Waals surface area contributed by atoms with Crippen molar-refractivity contribution in [3.05, 3.63) is 0 Å². The highest BCUT2D eigenvalue weighted by Gasteiger charge is 2.52. The molecule has 3 atom stereocenters. The van der Waals surface area contributed by atoms with E-state index in [9.17, 15) is 5.11 Å². The van der Waals surface area contributed by atoms with E-state index in [4.69, 9.17) is 0 Å². The van der Waals surface area contributed by atoms with Crippen molar-refractivity contribution in [3.8, 4) is 0 Å². The highest BCUT2D eigenvalue weighted by Crippen LogP contribution is 2.60. The quantitative estimate of drug-likeness (QED) is 0.589. The predicted molar refractivity (Wildman–Crippen MR) is 49.9 cm³/mol. The molecule has 0 aromatic rings. The van der Waals surface area contributed by atoms with Gasteiger partial charge in [0, 0.05) is 0 Å². The molecule has 0 aromatic heterocycles. The summed E-state index contributed by atoms with van der Waals surface area (Å²) < 4.78 is 0. The second-order valence-corrected chi connectivity index (χ2v) is 5.99. The van der Waals surface area contributed by atoms with Crippen LogP contribution < -0.4 is 0 Å². The van der Waals surface area contributed by atoms with E-state index in [0.29, 0.717) is 10.8 Å². The Morgan fingerprint density at radius 2 is 1.83 bits per heavy atom. The molecule has 1 heteroatoms. The lowest BCUT2D eigenvalue weighted by atomic mass is 9.80. The SMILES string of the molecule is CC1(C)CC2CC(O)CC2(C)C1. The molecule has 2 fully saturated rings. The van der Waals surface area contributed by atoms with Crippen molar-refractivity contribution in [1.29, 1.82) is 0 Å². The second kappa shape index (κ2) is 2.25. The molecule has 1 N–H and O–H groups in total. The van der Waals surface area contributed by atoms with Gasteiger partial charge in [0.25, 0.3) is 0 Å². The van der Waals surface area contributed by atoms with E-state index in [1.54, 1.807) is 0 Å². The first-order valence-electron chi connectivity index (χ1n) is 5.09. The molecular formula is C11H20O. The van der Waals surface area contributed by atoms with Crippen LogP contribution in [0.15, 0.2) is 0 Å². The Kier molecular flexibility index (Phi) is 1.61. The summed E-state index contributed by atoms with van der Waals surface area (Å²) in [6.07, 6.45) is 4.72. The Morgan fingerprint density at radius 1 is 1.17 bits per heavy atom. The van der Waals surface area contributed by atoms with E-state index in [2.05, 4.69) is 20.8 Å². The molecule has 2 aliphatic carbocycles. The molecule has 2 rings (SSSR count). The zero-order valence-electron chi connectivity index (χ0n) is 8.43. The summed E-state index contributed by atoms with van der Waals surface area (Å²) in [5.74, 6) is 0.794. The van der Waals surface area contributed by atoms with Gasteiger partial charge < -0.3 is 5.11 Å². The van der Waals surface area contributed by atoms with Crippen LogP contribution >= 0.6 is 0 Å². The van der Waals surface area contributed by atoms with E-state index >= 15 is 0 Å². The van der Waals surface area contributed by atoms with Crippen LogP contribution in [0, 0.1) is 16.7 Å². The topological polar surface area (TPSA) is 20.2 Å². The Bertz CT molecular complexity index is 197. The van der Waals surface area contributed by atoms with Crippen molar-refractivity contribution in [3.63, 3.8) is 0 Å². The van der Waals surface area contributed by atoms with E-state index in [0.717, 1.165) is 18.8 Å². The lowest BCUT2D eigenvalue weighted by Gasteiger charge is -2.25. The molecule has 2 aliphatic rings. The number of hydrogen-bond donors (Lipinski definition) is 1. The smallest absolute Gasteiger partial charge is 0.0548 e. The van der Waals surface area contributed by atoms with Crippen molar-refractivity contribution in [2.75, 3.05) is 0 Å². The fourth-order valence-corrected chi connectivity index (χ4v) is 3.78. The maximum absolute atomic E-state index is 9.57. The summed E-state index contributed by atoms with van der Waals surface area (Å²) in [6, 6.07) is 0. The molecule has 0 heterocycles. The highest BCUT2D eigenvalue weighted by molar-refractivity contribution is 5.02. The molecule has 0 amide bonds. The number of fused-ring (bicyclic) bond motifs is 1. The summed E-state index contributed by atoms with van der Waals surface area (Å²) in [5.41, 5.74) is 0.989. The molecule has 12 heavy (non-hydrogen) atoms. The summed E-state index contributed by atoms with van der Waals surface area (Å²) in [5, 5.41) is 9.57. The normalized spacial score (nSPS) is 51.0. The average Bonchev–Trinajstić information content (AvgIpc) is 2.11. The summed E-state index contributed by atoms with van der Waals surface area (Å²) in [4.78, 5) is 0. The van der Waals surface area contributed by atoms with Gasteiger partial charge in [-0.1, -0.05) is 20.8 Å². The van der Waals surface area contributed by atoms with Gasteiger partial charge in [-0.2, -0.15) is 0 Å². The van der Waals surface area contributed by atoms with Crippen molar-refractivity contribution in [2.45, 2.75) is 52.6 Å². The Balaban J connectivity index is 2.17. The molecule has 0 bridgehead atoms. The Hall–Kier alpha value is -0.0400. The van der Waals surface area contributed by atoms with Crippen LogP contribution in [0.2, 0.25) is 0 Å². The summed E-state index contributed by atoms with van der Waals surface area (Å²) >= 11 is 0. The van der Waals surface area contributed by atoms with Gasteiger partial charge in [0.05, 0.1) is 6.10 Å². The van der Waals surface area contributed by atoms with Gasteiger partial charge in [-0.3, -0.25) is 0 Å². The van der Waals surface area contributed by atoms with E-state index in [1.165, 1.54) is 12.8 Å². The van der Waals surface area contributed by atoms with Gasteiger partial charge >= 0.3 is 0 Å². The van der Waals surface area contributed by atoms with Crippen molar-refractivity contribution in [1.82, 2.24) is 0 Å². The van der Waals surface area contributed by atoms with Gasteiger partial charge in [-0.25, -0.2) is 0 Å². The first-order chi connectivity index (χ1) is 5.41. The molecule has 0 aromatic carbocycles. The number of hydrogen-bond acceptors (Lipinski definition) is 1. The number of aliphatic hydroxyl groups excluding tert-OH is 1. The van der Waals surface area contributed by atoms with Gasteiger partial charge in [-0.15, -0.1) is 0 Å². The van der Waals surface area contributed by atoms with Crippen LogP contribution in [0.5, 0.6) is 0 Å². The second-order valence-electron chi connectivity index (χ2n) is 5.99. The highest BCUT2D eigenvalue weighted by atomic mass is 16.3. The van der Waals surface area contributed by atoms with Crippen molar-refractivity contribution >= 4 is 0 Å². The molecule has 1 nitrogen and oxygen atoms in total. The molecule has 3 unspecified atom stereocenters. The predicted octanol–water partition coefficient (Wildman–Crippen LogP) is 2.58. The van der Waals surface area contributed by atoms with Gasteiger partial charge in [0.15, 0.2) is 0 Å². The minimum Gasteiger partial charge on any atom is -0.393 e. The molecule has 0 aliphatic heterocycles. The van der Waals surface area contributed by atoms with Crippen LogP contribution in [0.4, 0.5) is 0 Å². The zero-order valence-corrected chi connectivity index (χ0v) is 8.43. The van der Waals surface area contributed by atoms with Crippen LogP contribution in [-0.2, 0) is 0 Å². The van der Waals surface area contributed by atoms with Crippen LogP contribution in [0.1, 0.15) is 46.5 Å². The number of rotatable bonds is 0. The molecule has 0 spiro atoms. The lowest BCUT2D eigenvalue weighted by Crippen LogP contribution is -2.16. The van der Waals surface area contributed by atoms with E-state index in [1.807, 2.05) is 0 Å². The summed E-state index contributed by atoms with van der Waals surface area (Å²) in [6.45, 7) is 7.09. The molecule has 0 radical (unpaired) electrons. The molecule has 70 valence electrons. The first kappa shape index (κ1) is 8.55. The largest absolute Gasteiger partial charge is 0.393 e. The molecular weight excluding hydrogens is 148 g/mol. The minimum absolute atomic E-state index is 0.00361. The average molecular weight is 168 g/mol. The maximum Gasteiger partial charge on any atom is 0.0548 e. The Morgan fingerprint density at radius 3 is 2.42 bits per heavy atom. The monoisotopic (exact) mass is 168 g/mol. The van der Waals surface area contributed by atoms with Crippen LogP contribution in [-0.4, -0.2) is 11.2 Å². The summed E-state index contributed by atoms with van der Waals surface area (Å²) in [7, 11) is 0. The van der Waals surface area contributed by atoms with Crippen LogP contribution in [0.3, 0.4) is 0 Å². The van der Waals surface area contributed by atoms with Crippen LogP contribution in [0.25, 0.3) is 0 Å². The fourth-order valence-electron chi connectivity index (χ4n) is 3.78. The molecule has 2 saturated carbocycles. The van der Waals surface area contributed by atoms with Crippen molar-refractivity contribution in [2.24, 2.45) is 16.7 Å². The zero-order chi connectivity index (χ0) is 8.98. The number of aliphatic hydroxyl groups is 1. The third-order valence-electron chi connectivity index (χ3n) is 3.93. The van der Waals surface area contributed by atoms with E-state index < -0.39 is 0 Å². The van der Waals surface area contributed by atoms with Gasteiger partial charge in [0.2, 0.25) is 0 Å². The van der Waals surface area contributed by atoms with Gasteiger partial charge in [0.1, 0.15) is 0 Å². The van der Waals surface area contributed by atoms with E-state index in [-0.39, 0.29) is 6.10 Å². The third-order valence-corrected chi connectivity index (χ3v) is 3.93. The first-order valence-corrected chi connectivity index (χ1v) is 5.09.